The number of hydrogen-bond acceptors (Lipinski definition) is 6. The molecule has 0 radical (unpaired) electrons. The van der Waals surface area contributed by atoms with Crippen molar-refractivity contribution in [1.82, 2.24) is 0 Å². The molecule has 61 heavy (non-hydrogen) atoms. The summed E-state index contributed by atoms with van der Waals surface area (Å²) in [4.78, 5) is 37.7. The van der Waals surface area contributed by atoms with Gasteiger partial charge in [-0.1, -0.05) is 229 Å². The maximum atomic E-state index is 12.7. The van der Waals surface area contributed by atoms with Gasteiger partial charge in [-0.15, -0.1) is 0 Å². The van der Waals surface area contributed by atoms with Gasteiger partial charge in [-0.3, -0.25) is 14.4 Å². The summed E-state index contributed by atoms with van der Waals surface area (Å²) in [6.45, 7) is 6.43. The number of esters is 3. The second-order valence-electron chi connectivity index (χ2n) is 17.1. The van der Waals surface area contributed by atoms with Crippen LogP contribution in [0.15, 0.2) is 60.8 Å². The largest absolute Gasteiger partial charge is 0.462 e. The molecule has 0 aliphatic heterocycles. The summed E-state index contributed by atoms with van der Waals surface area (Å²) in [5.74, 6) is -0.925. The van der Waals surface area contributed by atoms with Crippen LogP contribution in [0.2, 0.25) is 0 Å². The average Bonchev–Trinajstić information content (AvgIpc) is 3.26. The molecule has 0 bridgehead atoms. The molecule has 1 unspecified atom stereocenters. The fourth-order valence-corrected chi connectivity index (χ4v) is 7.17. The molecule has 0 aliphatic rings. The first-order valence-corrected chi connectivity index (χ1v) is 25.8. The topological polar surface area (TPSA) is 78.9 Å². The van der Waals surface area contributed by atoms with Crippen LogP contribution in [0.5, 0.6) is 0 Å². The van der Waals surface area contributed by atoms with E-state index in [9.17, 15) is 14.4 Å². The van der Waals surface area contributed by atoms with E-state index in [1.807, 2.05) is 0 Å². The Balaban J connectivity index is 4.20. The van der Waals surface area contributed by atoms with Gasteiger partial charge in [-0.2, -0.15) is 0 Å². The molecule has 0 aromatic heterocycles. The van der Waals surface area contributed by atoms with Crippen LogP contribution < -0.4 is 0 Å². The van der Waals surface area contributed by atoms with Crippen LogP contribution in [-0.4, -0.2) is 37.2 Å². The standard InChI is InChI=1S/C55H96O6/c1-4-7-10-13-15-17-19-21-23-25-27-29-31-33-35-37-39-42-45-48-54(57)60-51-52(50-59-53(56)47-44-41-12-9-6-3)61-55(58)49-46-43-40-38-36-34-32-30-28-26-24-22-20-18-16-14-11-8-5-2/h7,10,15,17,21,23,27,29,33,35,52H,4-6,8-9,11-14,16,18-20,22,24-26,28,30-32,34,36-51H2,1-3H3/b10-7-,17-15-,23-21-,29-27-,35-33-. The Morgan fingerprint density at radius 3 is 1.00 bits per heavy atom. The van der Waals surface area contributed by atoms with E-state index in [-0.39, 0.29) is 31.1 Å². The fraction of sp³-hybridized carbons (Fsp3) is 0.764. The lowest BCUT2D eigenvalue weighted by molar-refractivity contribution is -0.167. The molecule has 0 saturated carbocycles. The van der Waals surface area contributed by atoms with E-state index in [0.29, 0.717) is 19.3 Å². The van der Waals surface area contributed by atoms with E-state index in [1.165, 1.54) is 109 Å². The number of allylic oxidation sites excluding steroid dienone is 10. The number of carbonyl (C=O) groups is 3. The van der Waals surface area contributed by atoms with Gasteiger partial charge in [0.2, 0.25) is 0 Å². The first-order valence-electron chi connectivity index (χ1n) is 25.8. The number of rotatable bonds is 46. The Bertz CT molecular complexity index is 1120. The fourth-order valence-electron chi connectivity index (χ4n) is 7.17. The molecule has 1 atom stereocenters. The van der Waals surface area contributed by atoms with Gasteiger partial charge in [0.05, 0.1) is 0 Å². The smallest absolute Gasteiger partial charge is 0.306 e. The molecule has 0 saturated heterocycles. The Kier molecular flexibility index (Phi) is 47.4. The lowest BCUT2D eigenvalue weighted by Crippen LogP contribution is -2.30. The molecule has 0 aromatic rings. The molecule has 0 aliphatic carbocycles. The third-order valence-electron chi connectivity index (χ3n) is 11.0. The minimum atomic E-state index is -0.781. The molecule has 0 spiro atoms. The predicted molar refractivity (Wildman–Crippen MR) is 261 cm³/mol. The highest BCUT2D eigenvalue weighted by molar-refractivity contribution is 5.71. The van der Waals surface area contributed by atoms with Gasteiger partial charge in [0.1, 0.15) is 13.2 Å². The summed E-state index contributed by atoms with van der Waals surface area (Å²) in [7, 11) is 0. The van der Waals surface area contributed by atoms with Gasteiger partial charge >= 0.3 is 17.9 Å². The second kappa shape index (κ2) is 49.8. The van der Waals surface area contributed by atoms with Crippen molar-refractivity contribution in [2.75, 3.05) is 13.2 Å². The first kappa shape index (κ1) is 58.1. The normalized spacial score (nSPS) is 12.5. The van der Waals surface area contributed by atoms with Crippen LogP contribution in [-0.2, 0) is 28.6 Å². The highest BCUT2D eigenvalue weighted by Crippen LogP contribution is 2.16. The van der Waals surface area contributed by atoms with Crippen molar-refractivity contribution in [3.05, 3.63) is 60.8 Å². The summed E-state index contributed by atoms with van der Waals surface area (Å²) < 4.78 is 16.6. The van der Waals surface area contributed by atoms with E-state index in [1.54, 1.807) is 0 Å². The van der Waals surface area contributed by atoms with Crippen molar-refractivity contribution in [2.45, 2.75) is 258 Å². The van der Waals surface area contributed by atoms with Crippen LogP contribution in [0.1, 0.15) is 252 Å². The van der Waals surface area contributed by atoms with E-state index in [0.717, 1.165) is 103 Å². The summed E-state index contributed by atoms with van der Waals surface area (Å²) in [6.07, 6.45) is 61.0. The molecule has 0 fully saturated rings. The van der Waals surface area contributed by atoms with E-state index >= 15 is 0 Å². The van der Waals surface area contributed by atoms with Crippen molar-refractivity contribution in [3.63, 3.8) is 0 Å². The van der Waals surface area contributed by atoms with Gasteiger partial charge < -0.3 is 14.2 Å². The van der Waals surface area contributed by atoms with Gasteiger partial charge in [0.15, 0.2) is 6.10 Å². The highest BCUT2D eigenvalue weighted by atomic mass is 16.6. The summed E-state index contributed by atoms with van der Waals surface area (Å²) in [5, 5.41) is 0. The number of hydrogen-bond donors (Lipinski definition) is 0. The predicted octanol–water partition coefficient (Wildman–Crippen LogP) is 16.9. The van der Waals surface area contributed by atoms with Crippen molar-refractivity contribution in [1.29, 1.82) is 0 Å². The van der Waals surface area contributed by atoms with Gasteiger partial charge in [-0.25, -0.2) is 0 Å². The summed E-state index contributed by atoms with van der Waals surface area (Å²) in [5.41, 5.74) is 0. The van der Waals surface area contributed by atoms with Crippen molar-refractivity contribution in [2.24, 2.45) is 0 Å². The van der Waals surface area contributed by atoms with Crippen molar-refractivity contribution in [3.8, 4) is 0 Å². The number of ether oxygens (including phenoxy) is 3. The van der Waals surface area contributed by atoms with Gasteiger partial charge in [0, 0.05) is 19.3 Å². The average molecular weight is 853 g/mol. The molecule has 6 heteroatoms. The Morgan fingerprint density at radius 2 is 0.639 bits per heavy atom. The lowest BCUT2D eigenvalue weighted by atomic mass is 10.0. The van der Waals surface area contributed by atoms with Gasteiger partial charge in [0.25, 0.3) is 0 Å². The summed E-state index contributed by atoms with van der Waals surface area (Å²) in [6, 6.07) is 0. The minimum absolute atomic E-state index is 0.0841. The van der Waals surface area contributed by atoms with Gasteiger partial charge in [-0.05, 0) is 64.2 Å². The molecule has 0 aromatic carbocycles. The van der Waals surface area contributed by atoms with E-state index in [4.69, 9.17) is 14.2 Å². The minimum Gasteiger partial charge on any atom is -0.462 e. The zero-order chi connectivity index (χ0) is 44.4. The first-order chi connectivity index (χ1) is 30.0. The van der Waals surface area contributed by atoms with E-state index in [2.05, 4.69) is 81.5 Å². The monoisotopic (exact) mass is 853 g/mol. The zero-order valence-corrected chi connectivity index (χ0v) is 40.2. The van der Waals surface area contributed by atoms with Crippen LogP contribution in [0.3, 0.4) is 0 Å². The van der Waals surface area contributed by atoms with Crippen LogP contribution in [0.25, 0.3) is 0 Å². The quantitative estimate of drug-likeness (QED) is 0.0263. The van der Waals surface area contributed by atoms with Crippen LogP contribution in [0, 0.1) is 0 Å². The molecule has 0 amide bonds. The maximum Gasteiger partial charge on any atom is 0.306 e. The Hall–Kier alpha value is -2.89. The lowest BCUT2D eigenvalue weighted by Gasteiger charge is -2.18. The number of carbonyl (C=O) groups excluding carboxylic acids is 3. The maximum absolute atomic E-state index is 12.7. The molecule has 0 N–H and O–H groups in total. The molecular weight excluding hydrogens is 757 g/mol. The van der Waals surface area contributed by atoms with Crippen molar-refractivity contribution >= 4 is 17.9 Å². The van der Waals surface area contributed by atoms with E-state index < -0.39 is 6.10 Å². The molecule has 0 rings (SSSR count). The molecule has 0 heterocycles. The highest BCUT2D eigenvalue weighted by Gasteiger charge is 2.19. The second-order valence-corrected chi connectivity index (χ2v) is 17.1. The SMILES string of the molecule is CC/C=C\C/C=C\C/C=C\C/C=C\C/C=C\CCCCCC(=O)OCC(COC(=O)CCCCCCC)OC(=O)CCCCCCCCCCCCCCCCCCCCC. The Labute approximate surface area is 377 Å². The zero-order valence-electron chi connectivity index (χ0n) is 40.2. The summed E-state index contributed by atoms with van der Waals surface area (Å²) >= 11 is 0. The third-order valence-corrected chi connectivity index (χ3v) is 11.0. The molecule has 6 nitrogen and oxygen atoms in total. The number of unbranched alkanes of at least 4 members (excludes halogenated alkanes) is 25. The van der Waals surface area contributed by atoms with Crippen molar-refractivity contribution < 1.29 is 28.6 Å². The third kappa shape index (κ3) is 48.0. The van der Waals surface area contributed by atoms with Crippen LogP contribution in [0.4, 0.5) is 0 Å². The Morgan fingerprint density at radius 1 is 0.344 bits per heavy atom. The molecule has 352 valence electrons. The van der Waals surface area contributed by atoms with Crippen LogP contribution >= 0.6 is 0 Å². The molecular formula is C55H96O6.